The standard InChI is InChI=1S/C15H18ClNS/c1-11-3-4-13(15(16)7-11)9-14(17-2)8-12-5-6-18-10-12/h3-7,10,14,17H,8-9H2,1-2H3. The number of likely N-dealkylation sites (N-methyl/N-ethyl adjacent to an activating group) is 1. The molecule has 0 aliphatic heterocycles. The van der Waals surface area contributed by atoms with Gasteiger partial charge in [0.25, 0.3) is 0 Å². The fourth-order valence-electron chi connectivity index (χ4n) is 2.05. The zero-order valence-corrected chi connectivity index (χ0v) is 12.3. The van der Waals surface area contributed by atoms with Crippen LogP contribution in [0.4, 0.5) is 0 Å². The fourth-order valence-corrected chi connectivity index (χ4v) is 3.05. The Balaban J connectivity index is 2.05. The summed E-state index contributed by atoms with van der Waals surface area (Å²) < 4.78 is 0. The lowest BCUT2D eigenvalue weighted by Gasteiger charge is -2.16. The molecule has 0 saturated heterocycles. The van der Waals surface area contributed by atoms with Crippen molar-refractivity contribution in [2.24, 2.45) is 0 Å². The molecule has 1 aromatic carbocycles. The van der Waals surface area contributed by atoms with E-state index in [0.717, 1.165) is 17.9 Å². The van der Waals surface area contributed by atoms with Crippen LogP contribution in [0, 0.1) is 6.92 Å². The highest BCUT2D eigenvalue weighted by molar-refractivity contribution is 7.07. The third-order valence-electron chi connectivity index (χ3n) is 3.15. The number of hydrogen-bond donors (Lipinski definition) is 1. The van der Waals surface area contributed by atoms with E-state index in [2.05, 4.69) is 41.2 Å². The zero-order valence-electron chi connectivity index (χ0n) is 10.7. The Morgan fingerprint density at radius 2 is 2.11 bits per heavy atom. The van der Waals surface area contributed by atoms with Crippen molar-refractivity contribution in [3.05, 3.63) is 56.7 Å². The lowest BCUT2D eigenvalue weighted by molar-refractivity contribution is 0.557. The van der Waals surface area contributed by atoms with E-state index in [1.165, 1.54) is 16.7 Å². The minimum Gasteiger partial charge on any atom is -0.316 e. The van der Waals surface area contributed by atoms with E-state index in [-0.39, 0.29) is 0 Å². The van der Waals surface area contributed by atoms with Crippen LogP contribution in [0.1, 0.15) is 16.7 Å². The number of halogens is 1. The molecule has 0 aliphatic carbocycles. The maximum absolute atomic E-state index is 6.29. The second-order valence-corrected chi connectivity index (χ2v) is 5.81. The van der Waals surface area contributed by atoms with Crippen LogP contribution in [0.3, 0.4) is 0 Å². The van der Waals surface area contributed by atoms with Crippen molar-refractivity contribution in [3.63, 3.8) is 0 Å². The summed E-state index contributed by atoms with van der Waals surface area (Å²) in [6.07, 6.45) is 2.01. The van der Waals surface area contributed by atoms with Crippen molar-refractivity contribution in [1.82, 2.24) is 5.32 Å². The van der Waals surface area contributed by atoms with Crippen LogP contribution in [0.15, 0.2) is 35.0 Å². The van der Waals surface area contributed by atoms with Crippen LogP contribution in [-0.4, -0.2) is 13.1 Å². The molecule has 2 aromatic rings. The molecular formula is C15H18ClNS. The second-order valence-electron chi connectivity index (χ2n) is 4.62. The molecule has 1 N–H and O–H groups in total. The SMILES string of the molecule is CNC(Cc1ccsc1)Cc1ccc(C)cc1Cl. The number of thiophene rings is 1. The topological polar surface area (TPSA) is 12.0 Å². The first-order valence-corrected chi connectivity index (χ1v) is 7.44. The van der Waals surface area contributed by atoms with E-state index in [1.807, 2.05) is 13.1 Å². The second kappa shape index (κ2) is 6.37. The van der Waals surface area contributed by atoms with Crippen LogP contribution in [-0.2, 0) is 12.8 Å². The maximum Gasteiger partial charge on any atom is 0.0441 e. The first-order chi connectivity index (χ1) is 8.69. The van der Waals surface area contributed by atoms with Crippen molar-refractivity contribution in [1.29, 1.82) is 0 Å². The summed E-state index contributed by atoms with van der Waals surface area (Å²) in [5.74, 6) is 0. The van der Waals surface area contributed by atoms with E-state index in [0.29, 0.717) is 6.04 Å². The smallest absolute Gasteiger partial charge is 0.0441 e. The fraction of sp³-hybridized carbons (Fsp3) is 0.333. The van der Waals surface area contributed by atoms with Gasteiger partial charge < -0.3 is 5.32 Å². The molecule has 0 saturated carbocycles. The van der Waals surface area contributed by atoms with Crippen LogP contribution < -0.4 is 5.32 Å². The van der Waals surface area contributed by atoms with Crippen LogP contribution in [0.5, 0.6) is 0 Å². The molecule has 1 nitrogen and oxygen atoms in total. The number of rotatable bonds is 5. The average molecular weight is 280 g/mol. The molecule has 0 fully saturated rings. The molecule has 0 spiro atoms. The predicted octanol–water partition coefficient (Wildman–Crippen LogP) is 4.08. The monoisotopic (exact) mass is 279 g/mol. The molecule has 0 aliphatic rings. The van der Waals surface area contributed by atoms with Crippen molar-refractivity contribution in [3.8, 4) is 0 Å². The van der Waals surface area contributed by atoms with Gasteiger partial charge in [-0.1, -0.05) is 23.7 Å². The number of aryl methyl sites for hydroxylation is 1. The Morgan fingerprint density at radius 1 is 1.28 bits per heavy atom. The van der Waals surface area contributed by atoms with Crippen molar-refractivity contribution in [2.75, 3.05) is 7.05 Å². The van der Waals surface area contributed by atoms with Crippen LogP contribution in [0.25, 0.3) is 0 Å². The van der Waals surface area contributed by atoms with Gasteiger partial charge in [-0.2, -0.15) is 11.3 Å². The van der Waals surface area contributed by atoms with Gasteiger partial charge >= 0.3 is 0 Å². The van der Waals surface area contributed by atoms with Gasteiger partial charge in [0.2, 0.25) is 0 Å². The summed E-state index contributed by atoms with van der Waals surface area (Å²) in [6, 6.07) is 8.91. The van der Waals surface area contributed by atoms with Gasteiger partial charge in [0.1, 0.15) is 0 Å². The van der Waals surface area contributed by atoms with Crippen molar-refractivity contribution >= 4 is 22.9 Å². The van der Waals surface area contributed by atoms with E-state index in [1.54, 1.807) is 11.3 Å². The molecule has 2 rings (SSSR count). The number of nitrogens with one attached hydrogen (secondary N) is 1. The van der Waals surface area contributed by atoms with Gasteiger partial charge in [-0.3, -0.25) is 0 Å². The van der Waals surface area contributed by atoms with Gasteiger partial charge in [0.05, 0.1) is 0 Å². The van der Waals surface area contributed by atoms with Gasteiger partial charge in [-0.25, -0.2) is 0 Å². The van der Waals surface area contributed by atoms with Crippen molar-refractivity contribution < 1.29 is 0 Å². The van der Waals surface area contributed by atoms with E-state index >= 15 is 0 Å². The summed E-state index contributed by atoms with van der Waals surface area (Å²) >= 11 is 8.04. The molecule has 1 unspecified atom stereocenters. The lowest BCUT2D eigenvalue weighted by atomic mass is 10.00. The molecule has 1 aromatic heterocycles. The molecule has 0 radical (unpaired) electrons. The lowest BCUT2D eigenvalue weighted by Crippen LogP contribution is -2.29. The Morgan fingerprint density at radius 3 is 2.72 bits per heavy atom. The minimum absolute atomic E-state index is 0.430. The average Bonchev–Trinajstić information content (AvgIpc) is 2.84. The number of hydrogen-bond acceptors (Lipinski definition) is 2. The van der Waals surface area contributed by atoms with E-state index in [4.69, 9.17) is 11.6 Å². The Kier molecular flexibility index (Phi) is 4.81. The van der Waals surface area contributed by atoms with E-state index in [9.17, 15) is 0 Å². The zero-order chi connectivity index (χ0) is 13.0. The van der Waals surface area contributed by atoms with Gasteiger partial charge in [-0.05, 0) is 66.4 Å². The Labute approximate surface area is 118 Å². The molecule has 18 heavy (non-hydrogen) atoms. The van der Waals surface area contributed by atoms with E-state index < -0.39 is 0 Å². The van der Waals surface area contributed by atoms with Gasteiger partial charge in [-0.15, -0.1) is 0 Å². The van der Waals surface area contributed by atoms with Crippen LogP contribution >= 0.6 is 22.9 Å². The molecule has 96 valence electrons. The summed E-state index contributed by atoms with van der Waals surface area (Å²) in [4.78, 5) is 0. The summed E-state index contributed by atoms with van der Waals surface area (Å²) in [5, 5.41) is 8.59. The first kappa shape index (κ1) is 13.6. The summed E-state index contributed by atoms with van der Waals surface area (Å²) in [7, 11) is 2.01. The normalized spacial score (nSPS) is 12.6. The highest BCUT2D eigenvalue weighted by Gasteiger charge is 2.11. The van der Waals surface area contributed by atoms with Crippen molar-refractivity contribution in [2.45, 2.75) is 25.8 Å². The Hall–Kier alpha value is -0.830. The summed E-state index contributed by atoms with van der Waals surface area (Å²) in [6.45, 7) is 2.07. The highest BCUT2D eigenvalue weighted by atomic mass is 35.5. The van der Waals surface area contributed by atoms with Crippen LogP contribution in [0.2, 0.25) is 5.02 Å². The third-order valence-corrected chi connectivity index (χ3v) is 4.23. The first-order valence-electron chi connectivity index (χ1n) is 6.12. The molecule has 3 heteroatoms. The number of benzene rings is 1. The predicted molar refractivity (Wildman–Crippen MR) is 80.8 cm³/mol. The highest BCUT2D eigenvalue weighted by Crippen LogP contribution is 2.20. The quantitative estimate of drug-likeness (QED) is 0.869. The Bertz CT molecular complexity index is 493. The molecule has 0 amide bonds. The molecule has 1 heterocycles. The molecular weight excluding hydrogens is 262 g/mol. The van der Waals surface area contributed by atoms with Gasteiger partial charge in [0, 0.05) is 11.1 Å². The third kappa shape index (κ3) is 3.58. The minimum atomic E-state index is 0.430. The maximum atomic E-state index is 6.29. The molecule has 1 atom stereocenters. The van der Waals surface area contributed by atoms with Gasteiger partial charge in [0.15, 0.2) is 0 Å². The summed E-state index contributed by atoms with van der Waals surface area (Å²) in [5.41, 5.74) is 3.82. The molecule has 0 bridgehead atoms. The largest absolute Gasteiger partial charge is 0.316 e.